The van der Waals surface area contributed by atoms with Gasteiger partial charge in [-0.1, -0.05) is 6.07 Å². The van der Waals surface area contributed by atoms with Crippen LogP contribution in [0.2, 0.25) is 0 Å². The number of furan rings is 1. The summed E-state index contributed by atoms with van der Waals surface area (Å²) in [7, 11) is 0. The zero-order valence-corrected chi connectivity index (χ0v) is 8.01. The SMILES string of the molecule is NCc1ccc(Cc2cccs2)o1. The Morgan fingerprint density at radius 1 is 1.23 bits per heavy atom. The van der Waals surface area contributed by atoms with Crippen LogP contribution in [0.15, 0.2) is 34.1 Å². The van der Waals surface area contributed by atoms with Crippen LogP contribution in [0.4, 0.5) is 0 Å². The van der Waals surface area contributed by atoms with Crippen molar-refractivity contribution in [2.75, 3.05) is 0 Å². The molecule has 0 fully saturated rings. The van der Waals surface area contributed by atoms with E-state index in [0.29, 0.717) is 6.54 Å². The predicted octanol–water partition coefficient (Wildman–Crippen LogP) is 2.39. The van der Waals surface area contributed by atoms with Crippen LogP contribution in [0, 0.1) is 0 Å². The van der Waals surface area contributed by atoms with E-state index in [2.05, 4.69) is 11.4 Å². The topological polar surface area (TPSA) is 39.2 Å². The molecule has 0 saturated carbocycles. The largest absolute Gasteiger partial charge is 0.464 e. The summed E-state index contributed by atoms with van der Waals surface area (Å²) < 4.78 is 5.49. The monoisotopic (exact) mass is 193 g/mol. The van der Waals surface area contributed by atoms with Crippen LogP contribution in [0.25, 0.3) is 0 Å². The van der Waals surface area contributed by atoms with Gasteiger partial charge in [-0.2, -0.15) is 0 Å². The molecular formula is C10H11NOS. The molecule has 0 saturated heterocycles. The van der Waals surface area contributed by atoms with Gasteiger partial charge in [0.1, 0.15) is 11.5 Å². The first-order valence-electron chi connectivity index (χ1n) is 4.18. The van der Waals surface area contributed by atoms with Crippen molar-refractivity contribution < 1.29 is 4.42 Å². The fourth-order valence-electron chi connectivity index (χ4n) is 1.21. The quantitative estimate of drug-likeness (QED) is 0.813. The van der Waals surface area contributed by atoms with E-state index in [1.165, 1.54) is 4.88 Å². The number of nitrogens with two attached hydrogens (primary N) is 1. The number of hydrogen-bond donors (Lipinski definition) is 1. The van der Waals surface area contributed by atoms with Gasteiger partial charge in [-0.3, -0.25) is 0 Å². The highest BCUT2D eigenvalue weighted by atomic mass is 32.1. The fraction of sp³-hybridized carbons (Fsp3) is 0.200. The van der Waals surface area contributed by atoms with Crippen molar-refractivity contribution in [3.63, 3.8) is 0 Å². The van der Waals surface area contributed by atoms with Gasteiger partial charge in [0.15, 0.2) is 0 Å². The Morgan fingerprint density at radius 2 is 2.08 bits per heavy atom. The number of thiophene rings is 1. The zero-order valence-electron chi connectivity index (χ0n) is 7.19. The first-order chi connectivity index (χ1) is 6.38. The second-order valence-corrected chi connectivity index (χ2v) is 3.86. The molecule has 0 atom stereocenters. The molecule has 0 radical (unpaired) electrons. The van der Waals surface area contributed by atoms with E-state index >= 15 is 0 Å². The zero-order chi connectivity index (χ0) is 9.10. The molecule has 2 heterocycles. The van der Waals surface area contributed by atoms with E-state index < -0.39 is 0 Å². The molecule has 0 bridgehead atoms. The third kappa shape index (κ3) is 1.99. The molecule has 2 aromatic heterocycles. The van der Waals surface area contributed by atoms with Gasteiger partial charge in [-0.15, -0.1) is 11.3 Å². The fourth-order valence-corrected chi connectivity index (χ4v) is 1.93. The predicted molar refractivity (Wildman–Crippen MR) is 53.7 cm³/mol. The van der Waals surface area contributed by atoms with Crippen LogP contribution < -0.4 is 5.73 Å². The van der Waals surface area contributed by atoms with Crippen molar-refractivity contribution in [1.82, 2.24) is 0 Å². The first-order valence-corrected chi connectivity index (χ1v) is 5.06. The lowest BCUT2D eigenvalue weighted by molar-refractivity contribution is 0.476. The number of hydrogen-bond acceptors (Lipinski definition) is 3. The molecule has 0 aliphatic rings. The second kappa shape index (κ2) is 3.77. The first kappa shape index (κ1) is 8.53. The van der Waals surface area contributed by atoms with Gasteiger partial charge >= 0.3 is 0 Å². The van der Waals surface area contributed by atoms with Crippen molar-refractivity contribution >= 4 is 11.3 Å². The minimum atomic E-state index is 0.477. The second-order valence-electron chi connectivity index (χ2n) is 2.83. The third-order valence-corrected chi connectivity index (χ3v) is 2.72. The molecule has 2 N–H and O–H groups in total. The molecule has 0 spiro atoms. The summed E-state index contributed by atoms with van der Waals surface area (Å²) in [5, 5.41) is 2.07. The summed E-state index contributed by atoms with van der Waals surface area (Å²) in [5.74, 6) is 1.84. The standard InChI is InChI=1S/C10H11NOS/c11-7-9-4-3-8(12-9)6-10-2-1-5-13-10/h1-5H,6-7,11H2. The molecule has 3 heteroatoms. The van der Waals surface area contributed by atoms with E-state index in [0.717, 1.165) is 17.9 Å². The van der Waals surface area contributed by atoms with Gasteiger partial charge in [0.05, 0.1) is 6.54 Å². The van der Waals surface area contributed by atoms with E-state index in [1.807, 2.05) is 18.2 Å². The van der Waals surface area contributed by atoms with Crippen molar-refractivity contribution in [3.05, 3.63) is 46.0 Å². The lowest BCUT2D eigenvalue weighted by Crippen LogP contribution is -1.92. The molecule has 0 unspecified atom stereocenters. The third-order valence-electron chi connectivity index (χ3n) is 1.85. The van der Waals surface area contributed by atoms with Crippen LogP contribution >= 0.6 is 11.3 Å². The Kier molecular flexibility index (Phi) is 2.47. The Balaban J connectivity index is 2.10. The lowest BCUT2D eigenvalue weighted by atomic mass is 10.3. The van der Waals surface area contributed by atoms with Gasteiger partial charge in [0.25, 0.3) is 0 Å². The van der Waals surface area contributed by atoms with Gasteiger partial charge in [-0.25, -0.2) is 0 Å². The Morgan fingerprint density at radius 3 is 2.69 bits per heavy atom. The highest BCUT2D eigenvalue weighted by Crippen LogP contribution is 2.16. The minimum Gasteiger partial charge on any atom is -0.464 e. The summed E-state index contributed by atoms with van der Waals surface area (Å²) in [6.45, 7) is 0.477. The molecule has 0 aliphatic heterocycles. The summed E-state index contributed by atoms with van der Waals surface area (Å²) >= 11 is 1.74. The van der Waals surface area contributed by atoms with E-state index in [-0.39, 0.29) is 0 Å². The van der Waals surface area contributed by atoms with Crippen molar-refractivity contribution in [2.45, 2.75) is 13.0 Å². The maximum atomic E-state index is 5.49. The summed E-state index contributed by atoms with van der Waals surface area (Å²) in [4.78, 5) is 1.32. The summed E-state index contributed by atoms with van der Waals surface area (Å²) in [5.41, 5.74) is 5.45. The average Bonchev–Trinajstić information content (AvgIpc) is 2.76. The minimum absolute atomic E-state index is 0.477. The van der Waals surface area contributed by atoms with Crippen LogP contribution in [0.3, 0.4) is 0 Å². The van der Waals surface area contributed by atoms with E-state index in [1.54, 1.807) is 11.3 Å². The smallest absolute Gasteiger partial charge is 0.117 e. The highest BCUT2D eigenvalue weighted by molar-refractivity contribution is 7.09. The molecule has 2 nitrogen and oxygen atoms in total. The van der Waals surface area contributed by atoms with E-state index in [4.69, 9.17) is 10.2 Å². The van der Waals surface area contributed by atoms with Gasteiger partial charge in [-0.05, 0) is 23.6 Å². The molecule has 0 aliphatic carbocycles. The molecule has 13 heavy (non-hydrogen) atoms. The Bertz CT molecular complexity index is 364. The van der Waals surface area contributed by atoms with Crippen molar-refractivity contribution in [1.29, 1.82) is 0 Å². The van der Waals surface area contributed by atoms with Gasteiger partial charge in [0, 0.05) is 11.3 Å². The van der Waals surface area contributed by atoms with Crippen LogP contribution in [0.5, 0.6) is 0 Å². The number of rotatable bonds is 3. The molecule has 2 aromatic rings. The molecule has 0 aromatic carbocycles. The van der Waals surface area contributed by atoms with Crippen LogP contribution in [0.1, 0.15) is 16.4 Å². The molecular weight excluding hydrogens is 182 g/mol. The normalized spacial score (nSPS) is 10.5. The van der Waals surface area contributed by atoms with Gasteiger partial charge in [0.2, 0.25) is 0 Å². The van der Waals surface area contributed by atoms with E-state index in [9.17, 15) is 0 Å². The molecule has 2 rings (SSSR count). The molecule has 68 valence electrons. The van der Waals surface area contributed by atoms with Gasteiger partial charge < -0.3 is 10.2 Å². The average molecular weight is 193 g/mol. The van der Waals surface area contributed by atoms with Crippen LogP contribution in [-0.2, 0) is 13.0 Å². The summed E-state index contributed by atoms with van der Waals surface area (Å²) in [6.07, 6.45) is 0.873. The summed E-state index contributed by atoms with van der Waals surface area (Å²) in [6, 6.07) is 8.08. The van der Waals surface area contributed by atoms with Crippen molar-refractivity contribution in [2.24, 2.45) is 5.73 Å². The van der Waals surface area contributed by atoms with Crippen molar-refractivity contribution in [3.8, 4) is 0 Å². The highest BCUT2D eigenvalue weighted by Gasteiger charge is 2.02. The Hall–Kier alpha value is -1.06. The van der Waals surface area contributed by atoms with Crippen LogP contribution in [-0.4, -0.2) is 0 Å². The Labute approximate surface area is 81.0 Å². The maximum Gasteiger partial charge on any atom is 0.117 e. The molecule has 0 amide bonds. The maximum absolute atomic E-state index is 5.49. The lowest BCUT2D eigenvalue weighted by Gasteiger charge is -1.92.